The van der Waals surface area contributed by atoms with E-state index in [4.69, 9.17) is 14.2 Å². The molecule has 116 valence electrons. The average molecular weight is 302 g/mol. The summed E-state index contributed by atoms with van der Waals surface area (Å²) >= 11 is 0. The third-order valence-corrected chi connectivity index (χ3v) is 3.97. The summed E-state index contributed by atoms with van der Waals surface area (Å²) in [6.07, 6.45) is -0.356. The van der Waals surface area contributed by atoms with Crippen molar-refractivity contribution in [2.45, 2.75) is 12.0 Å². The van der Waals surface area contributed by atoms with E-state index in [0.29, 0.717) is 17.2 Å². The summed E-state index contributed by atoms with van der Waals surface area (Å²) in [6, 6.07) is 10.7. The van der Waals surface area contributed by atoms with E-state index in [1.807, 2.05) is 18.2 Å². The molecular weight excluding hydrogens is 284 g/mol. The molecule has 0 radical (unpaired) electrons. The van der Waals surface area contributed by atoms with Crippen LogP contribution in [0.1, 0.15) is 23.1 Å². The van der Waals surface area contributed by atoms with Gasteiger partial charge in [-0.2, -0.15) is 0 Å². The first kappa shape index (κ1) is 14.5. The molecule has 0 aromatic heterocycles. The number of rotatable bonds is 4. The summed E-state index contributed by atoms with van der Waals surface area (Å²) < 4.78 is 16.5. The average Bonchev–Trinajstić information content (AvgIpc) is 2.93. The van der Waals surface area contributed by atoms with E-state index < -0.39 is 0 Å². The Kier molecular flexibility index (Phi) is 3.81. The summed E-state index contributed by atoms with van der Waals surface area (Å²) in [7, 11) is 3.08. The van der Waals surface area contributed by atoms with E-state index in [1.165, 1.54) is 7.11 Å². The van der Waals surface area contributed by atoms with Crippen molar-refractivity contribution in [3.05, 3.63) is 47.5 Å². The monoisotopic (exact) mass is 302 g/mol. The molecule has 2 aromatic rings. The molecule has 2 aromatic carbocycles. The molecule has 0 aliphatic carbocycles. The van der Waals surface area contributed by atoms with E-state index in [1.54, 1.807) is 25.3 Å². The largest absolute Gasteiger partial charge is 0.504 e. The van der Waals surface area contributed by atoms with Crippen molar-refractivity contribution in [1.29, 1.82) is 0 Å². The molecule has 0 unspecified atom stereocenters. The van der Waals surface area contributed by atoms with Crippen LogP contribution in [0, 0.1) is 0 Å². The summed E-state index contributed by atoms with van der Waals surface area (Å²) in [5, 5.41) is 19.5. The van der Waals surface area contributed by atoms with Crippen LogP contribution in [-0.2, 0) is 0 Å². The second-order valence-electron chi connectivity index (χ2n) is 5.14. The fraction of sp³-hybridized carbons (Fsp3) is 0.294. The highest BCUT2D eigenvalue weighted by molar-refractivity contribution is 5.53. The van der Waals surface area contributed by atoms with Crippen molar-refractivity contribution in [3.8, 4) is 23.0 Å². The van der Waals surface area contributed by atoms with Crippen LogP contribution in [-0.4, -0.2) is 31.0 Å². The summed E-state index contributed by atoms with van der Waals surface area (Å²) in [6.45, 7) is -0.0476. The number of aliphatic hydroxyl groups is 1. The van der Waals surface area contributed by atoms with Gasteiger partial charge in [0.05, 0.1) is 26.7 Å². The molecule has 1 heterocycles. The lowest BCUT2D eigenvalue weighted by Crippen LogP contribution is -2.13. The van der Waals surface area contributed by atoms with E-state index in [2.05, 4.69) is 0 Å². The van der Waals surface area contributed by atoms with Gasteiger partial charge in [0.2, 0.25) is 0 Å². The van der Waals surface area contributed by atoms with E-state index >= 15 is 0 Å². The van der Waals surface area contributed by atoms with Gasteiger partial charge in [0.1, 0.15) is 6.10 Å². The lowest BCUT2D eigenvalue weighted by molar-refractivity contribution is 0.157. The zero-order chi connectivity index (χ0) is 15.7. The maximum atomic E-state index is 9.79. The number of aromatic hydroxyl groups is 1. The topological polar surface area (TPSA) is 68.2 Å². The lowest BCUT2D eigenvalue weighted by Gasteiger charge is -2.18. The van der Waals surface area contributed by atoms with Crippen molar-refractivity contribution in [2.75, 3.05) is 20.8 Å². The minimum absolute atomic E-state index is 0.0476. The summed E-state index contributed by atoms with van der Waals surface area (Å²) in [5.74, 6) is 1.55. The molecule has 5 nitrogen and oxygen atoms in total. The highest BCUT2D eigenvalue weighted by atomic mass is 16.5. The number of phenols is 1. The highest BCUT2D eigenvalue weighted by Crippen LogP contribution is 2.50. The molecule has 0 saturated heterocycles. The van der Waals surface area contributed by atoms with Gasteiger partial charge in [-0.25, -0.2) is 0 Å². The normalized spacial score (nSPS) is 19.4. The number of benzene rings is 2. The quantitative estimate of drug-likeness (QED) is 0.908. The molecule has 5 heteroatoms. The Morgan fingerprint density at radius 2 is 1.86 bits per heavy atom. The Morgan fingerprint density at radius 3 is 2.55 bits per heavy atom. The lowest BCUT2D eigenvalue weighted by atomic mass is 9.91. The van der Waals surface area contributed by atoms with Crippen LogP contribution >= 0.6 is 0 Å². The molecule has 22 heavy (non-hydrogen) atoms. The van der Waals surface area contributed by atoms with Crippen molar-refractivity contribution in [2.24, 2.45) is 0 Å². The van der Waals surface area contributed by atoms with E-state index in [0.717, 1.165) is 11.1 Å². The number of hydrogen-bond acceptors (Lipinski definition) is 5. The van der Waals surface area contributed by atoms with Gasteiger partial charge in [-0.15, -0.1) is 0 Å². The Hall–Kier alpha value is -2.40. The molecule has 2 atom stereocenters. The van der Waals surface area contributed by atoms with Gasteiger partial charge in [-0.3, -0.25) is 0 Å². The van der Waals surface area contributed by atoms with Crippen molar-refractivity contribution in [1.82, 2.24) is 0 Å². The fourth-order valence-electron chi connectivity index (χ4n) is 2.85. The van der Waals surface area contributed by atoms with Crippen LogP contribution < -0.4 is 14.2 Å². The first-order valence-corrected chi connectivity index (χ1v) is 7.01. The Bertz CT molecular complexity index is 683. The van der Waals surface area contributed by atoms with Crippen LogP contribution in [0.5, 0.6) is 23.0 Å². The summed E-state index contributed by atoms with van der Waals surface area (Å²) in [4.78, 5) is 0. The predicted octanol–water partition coefficient (Wildman–Crippen LogP) is 2.62. The summed E-state index contributed by atoms with van der Waals surface area (Å²) in [5.41, 5.74) is 1.74. The number of phenolic OH excluding ortho intramolecular Hbond substituents is 1. The van der Waals surface area contributed by atoms with Gasteiger partial charge < -0.3 is 24.4 Å². The first-order valence-electron chi connectivity index (χ1n) is 7.01. The van der Waals surface area contributed by atoms with Gasteiger partial charge in [0, 0.05) is 5.56 Å². The third-order valence-electron chi connectivity index (χ3n) is 3.97. The van der Waals surface area contributed by atoms with Gasteiger partial charge in [-0.1, -0.05) is 18.2 Å². The Balaban J connectivity index is 2.03. The molecule has 0 amide bonds. The van der Waals surface area contributed by atoms with Gasteiger partial charge in [0.25, 0.3) is 0 Å². The number of ether oxygens (including phenoxy) is 3. The zero-order valence-electron chi connectivity index (χ0n) is 12.4. The van der Waals surface area contributed by atoms with Crippen LogP contribution in [0.4, 0.5) is 0 Å². The Morgan fingerprint density at radius 1 is 1.09 bits per heavy atom. The van der Waals surface area contributed by atoms with Crippen LogP contribution in [0.25, 0.3) is 0 Å². The minimum atomic E-state index is -0.356. The Labute approximate surface area is 128 Å². The molecule has 2 N–H and O–H groups in total. The smallest absolute Gasteiger partial charge is 0.165 e. The predicted molar refractivity (Wildman–Crippen MR) is 80.8 cm³/mol. The zero-order valence-corrected chi connectivity index (χ0v) is 12.4. The van der Waals surface area contributed by atoms with Gasteiger partial charge in [-0.05, 0) is 23.8 Å². The van der Waals surface area contributed by atoms with Gasteiger partial charge in [0.15, 0.2) is 23.0 Å². The van der Waals surface area contributed by atoms with Crippen LogP contribution in [0.3, 0.4) is 0 Å². The maximum Gasteiger partial charge on any atom is 0.165 e. The number of fused-ring (bicyclic) bond motifs is 1. The van der Waals surface area contributed by atoms with Crippen LogP contribution in [0.2, 0.25) is 0 Å². The second kappa shape index (κ2) is 5.77. The second-order valence-corrected chi connectivity index (χ2v) is 5.14. The van der Waals surface area contributed by atoms with Crippen molar-refractivity contribution < 1.29 is 24.4 Å². The number of para-hydroxylation sites is 1. The molecule has 1 aliphatic heterocycles. The highest BCUT2D eigenvalue weighted by Gasteiger charge is 2.37. The number of hydrogen-bond donors (Lipinski definition) is 2. The van der Waals surface area contributed by atoms with Gasteiger partial charge >= 0.3 is 0 Å². The molecule has 0 spiro atoms. The number of methoxy groups -OCH3 is 2. The number of aliphatic hydroxyl groups excluding tert-OH is 1. The van der Waals surface area contributed by atoms with Crippen molar-refractivity contribution >= 4 is 0 Å². The molecule has 1 aliphatic rings. The maximum absolute atomic E-state index is 9.79. The fourth-order valence-corrected chi connectivity index (χ4v) is 2.85. The van der Waals surface area contributed by atoms with E-state index in [9.17, 15) is 10.2 Å². The van der Waals surface area contributed by atoms with Crippen molar-refractivity contribution in [3.63, 3.8) is 0 Å². The third kappa shape index (κ3) is 2.23. The van der Waals surface area contributed by atoms with E-state index in [-0.39, 0.29) is 24.4 Å². The molecule has 0 saturated carbocycles. The molecular formula is C17H18O5. The SMILES string of the molecule is COc1cc([C@H]2Oc3c(OC)cccc3[C@H]2CO)ccc1O. The minimum Gasteiger partial charge on any atom is -0.504 e. The van der Waals surface area contributed by atoms with Crippen LogP contribution in [0.15, 0.2) is 36.4 Å². The molecule has 0 fully saturated rings. The molecule has 3 rings (SSSR count). The molecule has 0 bridgehead atoms. The standard InChI is InChI=1S/C17H18O5/c1-20-14-5-3-4-11-12(9-18)16(22-17(11)14)10-6-7-13(19)15(8-10)21-2/h3-8,12,16,18-19H,9H2,1-2H3/t12-,16-/m1/s1. The first-order chi connectivity index (χ1) is 10.7.